The number of ether oxygens (including phenoxy) is 3. The summed E-state index contributed by atoms with van der Waals surface area (Å²) in [6.07, 6.45) is 3.43. The molecule has 0 aromatic heterocycles. The fourth-order valence-corrected chi connectivity index (χ4v) is 3.41. The maximum Gasteiger partial charge on any atom is 0.345 e. The number of benzene rings is 3. The normalized spacial score (nSPS) is 10.7. The Kier molecular flexibility index (Phi) is 10.1. The van der Waals surface area contributed by atoms with Crippen LogP contribution in [0.5, 0.6) is 17.2 Å². The van der Waals surface area contributed by atoms with Crippen molar-refractivity contribution in [3.8, 4) is 17.2 Å². The van der Waals surface area contributed by atoms with Gasteiger partial charge in [0.25, 0.3) is 5.91 Å². The molecule has 9 heteroatoms. The molecular weight excluding hydrogens is 536 g/mol. The molecule has 0 heterocycles. The largest absolute Gasteiger partial charge is 0.494 e. The van der Waals surface area contributed by atoms with Gasteiger partial charge in [-0.2, -0.15) is 5.10 Å². The number of hydrogen-bond donors (Lipinski definition) is 1. The van der Waals surface area contributed by atoms with Crippen LogP contribution < -0.4 is 19.6 Å². The van der Waals surface area contributed by atoms with Gasteiger partial charge in [0.05, 0.1) is 23.4 Å². The van der Waals surface area contributed by atoms with Crippen LogP contribution in [-0.2, 0) is 4.79 Å². The number of nitrogens with zero attached hydrogens (tertiary/aromatic N) is 1. The van der Waals surface area contributed by atoms with Crippen LogP contribution in [0.1, 0.15) is 35.7 Å². The lowest BCUT2D eigenvalue weighted by molar-refractivity contribution is -0.123. The number of hydrazone groups is 1. The maximum absolute atomic E-state index is 12.5. The van der Waals surface area contributed by atoms with E-state index in [2.05, 4.69) is 33.4 Å². The van der Waals surface area contributed by atoms with Crippen molar-refractivity contribution in [3.63, 3.8) is 0 Å². The Bertz CT molecular complexity index is 1180. The van der Waals surface area contributed by atoms with Gasteiger partial charge < -0.3 is 14.2 Å². The van der Waals surface area contributed by atoms with Crippen LogP contribution in [0.4, 0.5) is 0 Å². The Morgan fingerprint density at radius 3 is 2.46 bits per heavy atom. The van der Waals surface area contributed by atoms with Crippen LogP contribution in [0.3, 0.4) is 0 Å². The molecule has 0 aliphatic carbocycles. The summed E-state index contributed by atoms with van der Waals surface area (Å²) in [6, 6.07) is 18.7. The summed E-state index contributed by atoms with van der Waals surface area (Å²) >= 11 is 9.45. The first kappa shape index (κ1) is 26.2. The molecule has 7 nitrogen and oxygen atoms in total. The number of carbonyl (C=O) groups is 2. The van der Waals surface area contributed by atoms with Crippen molar-refractivity contribution >= 4 is 45.6 Å². The van der Waals surface area contributed by atoms with Crippen LogP contribution in [0, 0.1) is 0 Å². The van der Waals surface area contributed by atoms with Crippen LogP contribution in [-0.4, -0.2) is 31.3 Å². The molecule has 0 atom stereocenters. The van der Waals surface area contributed by atoms with Gasteiger partial charge in [0.2, 0.25) is 0 Å². The van der Waals surface area contributed by atoms with Gasteiger partial charge in [0, 0.05) is 10.0 Å². The number of amides is 1. The van der Waals surface area contributed by atoms with Gasteiger partial charge in [-0.25, -0.2) is 10.2 Å². The topological polar surface area (TPSA) is 86.2 Å². The molecule has 0 spiro atoms. The van der Waals surface area contributed by atoms with Gasteiger partial charge >= 0.3 is 5.97 Å². The highest BCUT2D eigenvalue weighted by atomic mass is 79.9. The molecule has 182 valence electrons. The molecule has 0 fully saturated rings. The second kappa shape index (κ2) is 13.5. The van der Waals surface area contributed by atoms with Crippen molar-refractivity contribution in [1.29, 1.82) is 0 Å². The molecule has 35 heavy (non-hydrogen) atoms. The number of carbonyl (C=O) groups excluding carboxylic acids is 2. The van der Waals surface area contributed by atoms with Crippen molar-refractivity contribution in [2.45, 2.75) is 19.8 Å². The van der Waals surface area contributed by atoms with E-state index in [-0.39, 0.29) is 22.9 Å². The van der Waals surface area contributed by atoms with Gasteiger partial charge in [-0.15, -0.1) is 0 Å². The zero-order chi connectivity index (χ0) is 25.0. The molecule has 3 rings (SSSR count). The van der Waals surface area contributed by atoms with Crippen molar-refractivity contribution in [1.82, 2.24) is 5.43 Å². The first-order chi connectivity index (χ1) is 17.0. The first-order valence-electron chi connectivity index (χ1n) is 10.9. The van der Waals surface area contributed by atoms with E-state index in [0.29, 0.717) is 17.9 Å². The van der Waals surface area contributed by atoms with Gasteiger partial charge in [0.1, 0.15) is 17.2 Å². The minimum atomic E-state index is -0.605. The lowest BCUT2D eigenvalue weighted by Crippen LogP contribution is -2.24. The Hall–Kier alpha value is -3.36. The fourth-order valence-electron chi connectivity index (χ4n) is 2.82. The molecule has 0 saturated heterocycles. The van der Waals surface area contributed by atoms with E-state index in [1.807, 2.05) is 0 Å². The summed E-state index contributed by atoms with van der Waals surface area (Å²) in [6.45, 7) is 2.54. The summed E-state index contributed by atoms with van der Waals surface area (Å²) in [7, 11) is 0. The van der Waals surface area contributed by atoms with E-state index >= 15 is 0 Å². The highest BCUT2D eigenvalue weighted by Crippen LogP contribution is 2.24. The summed E-state index contributed by atoms with van der Waals surface area (Å²) in [5.74, 6) is 0.488. The highest BCUT2D eigenvalue weighted by Gasteiger charge is 2.14. The molecule has 0 aliphatic rings. The minimum Gasteiger partial charge on any atom is -0.494 e. The van der Waals surface area contributed by atoms with Crippen molar-refractivity contribution in [2.75, 3.05) is 13.2 Å². The van der Waals surface area contributed by atoms with E-state index in [4.69, 9.17) is 25.8 Å². The number of nitrogens with one attached hydrogen (secondary N) is 1. The fraction of sp³-hybridized carbons (Fsp3) is 0.192. The SMILES string of the molecule is CCCCOc1ccc(OCC(=O)N/N=C\c2cc(Br)ccc2OC(=O)c2ccccc2Cl)cc1. The third kappa shape index (κ3) is 8.42. The predicted molar refractivity (Wildman–Crippen MR) is 139 cm³/mol. The van der Waals surface area contributed by atoms with Crippen molar-refractivity contribution in [3.05, 3.63) is 87.4 Å². The van der Waals surface area contributed by atoms with E-state index < -0.39 is 11.9 Å². The predicted octanol–water partition coefficient (Wildman–Crippen LogP) is 6.03. The highest BCUT2D eigenvalue weighted by molar-refractivity contribution is 9.10. The van der Waals surface area contributed by atoms with Crippen molar-refractivity contribution in [2.24, 2.45) is 5.10 Å². The smallest absolute Gasteiger partial charge is 0.345 e. The van der Waals surface area contributed by atoms with Crippen LogP contribution in [0.2, 0.25) is 5.02 Å². The van der Waals surface area contributed by atoms with Gasteiger partial charge in [-0.3, -0.25) is 4.79 Å². The zero-order valence-corrected chi connectivity index (χ0v) is 21.3. The minimum absolute atomic E-state index is 0.222. The number of halogens is 2. The van der Waals surface area contributed by atoms with E-state index in [1.165, 1.54) is 6.21 Å². The van der Waals surface area contributed by atoms with Crippen LogP contribution >= 0.6 is 27.5 Å². The summed E-state index contributed by atoms with van der Waals surface area (Å²) < 4.78 is 17.3. The number of esters is 1. The second-order valence-corrected chi connectivity index (χ2v) is 8.63. The van der Waals surface area contributed by atoms with Gasteiger partial charge in [0.15, 0.2) is 6.61 Å². The lowest BCUT2D eigenvalue weighted by Gasteiger charge is -2.09. The van der Waals surface area contributed by atoms with E-state index in [0.717, 1.165) is 23.1 Å². The summed E-state index contributed by atoms with van der Waals surface area (Å²) in [4.78, 5) is 24.6. The number of unbranched alkanes of at least 4 members (excludes halogenated alkanes) is 1. The number of hydrogen-bond acceptors (Lipinski definition) is 6. The van der Waals surface area contributed by atoms with E-state index in [1.54, 1.807) is 66.7 Å². The molecule has 3 aromatic rings. The maximum atomic E-state index is 12.5. The Morgan fingerprint density at radius 1 is 1.03 bits per heavy atom. The molecule has 1 amide bonds. The lowest BCUT2D eigenvalue weighted by atomic mass is 10.2. The number of rotatable bonds is 11. The monoisotopic (exact) mass is 558 g/mol. The standard InChI is InChI=1S/C26H24BrClN2O5/c1-2-3-14-33-20-9-11-21(12-10-20)34-17-25(31)30-29-16-18-15-19(27)8-13-24(18)35-26(32)22-6-4-5-7-23(22)28/h4-13,15-16H,2-3,14,17H2,1H3,(H,30,31)/b29-16-. The van der Waals surface area contributed by atoms with E-state index in [9.17, 15) is 9.59 Å². The second-order valence-electron chi connectivity index (χ2n) is 7.31. The quantitative estimate of drug-likeness (QED) is 0.102. The molecule has 0 bridgehead atoms. The van der Waals surface area contributed by atoms with Gasteiger partial charge in [-0.1, -0.05) is 53.0 Å². The average molecular weight is 560 g/mol. The molecule has 0 aliphatic heterocycles. The van der Waals surface area contributed by atoms with Crippen molar-refractivity contribution < 1.29 is 23.8 Å². The third-order valence-electron chi connectivity index (χ3n) is 4.62. The summed E-state index contributed by atoms with van der Waals surface area (Å²) in [5, 5.41) is 4.23. The summed E-state index contributed by atoms with van der Waals surface area (Å²) in [5.41, 5.74) is 3.11. The Labute approximate surface area is 217 Å². The molecular formula is C26H24BrClN2O5. The first-order valence-corrected chi connectivity index (χ1v) is 12.1. The zero-order valence-electron chi connectivity index (χ0n) is 19.0. The molecule has 0 radical (unpaired) electrons. The third-order valence-corrected chi connectivity index (χ3v) is 5.44. The van der Waals surface area contributed by atoms with Crippen LogP contribution in [0.25, 0.3) is 0 Å². The molecule has 0 saturated carbocycles. The van der Waals surface area contributed by atoms with Crippen LogP contribution in [0.15, 0.2) is 76.3 Å². The molecule has 0 unspecified atom stereocenters. The van der Waals surface area contributed by atoms with Gasteiger partial charge in [-0.05, 0) is 61.0 Å². The molecule has 3 aromatic carbocycles. The average Bonchev–Trinajstić information content (AvgIpc) is 2.85. The Morgan fingerprint density at radius 2 is 1.74 bits per heavy atom. The Balaban J connectivity index is 1.54. The molecule has 1 N–H and O–H groups in total.